The molecular formula is C10H15N3O4S. The summed E-state index contributed by atoms with van der Waals surface area (Å²) in [5.74, 6) is -1.22. The molecule has 1 heterocycles. The smallest absolute Gasteiger partial charge is 0.326 e. The van der Waals surface area contributed by atoms with Crippen LogP contribution >= 0.6 is 11.8 Å². The van der Waals surface area contributed by atoms with Gasteiger partial charge in [0, 0.05) is 12.8 Å². The van der Waals surface area contributed by atoms with E-state index >= 15 is 0 Å². The van der Waals surface area contributed by atoms with Gasteiger partial charge in [0.05, 0.1) is 0 Å². The SMILES string of the molecule is CSCC[C@@H](NC(=O)C1=NNC(=O)CC1)C(=O)O. The zero-order chi connectivity index (χ0) is 13.5. The second kappa shape index (κ2) is 7.00. The van der Waals surface area contributed by atoms with Crippen LogP contribution in [0.1, 0.15) is 19.3 Å². The predicted octanol–water partition coefficient (Wildman–Crippen LogP) is -0.425. The average molecular weight is 273 g/mol. The summed E-state index contributed by atoms with van der Waals surface area (Å²) < 4.78 is 0. The van der Waals surface area contributed by atoms with Crippen molar-refractivity contribution in [2.45, 2.75) is 25.3 Å². The number of carbonyl (C=O) groups excluding carboxylic acids is 2. The molecule has 2 amide bonds. The molecule has 1 atom stereocenters. The van der Waals surface area contributed by atoms with Crippen LogP contribution < -0.4 is 10.7 Å². The maximum Gasteiger partial charge on any atom is 0.326 e. The maximum atomic E-state index is 11.7. The van der Waals surface area contributed by atoms with E-state index in [0.29, 0.717) is 12.2 Å². The molecule has 0 radical (unpaired) electrons. The van der Waals surface area contributed by atoms with Crippen LogP contribution in [0.5, 0.6) is 0 Å². The zero-order valence-corrected chi connectivity index (χ0v) is 10.7. The number of carboxylic acid groups (broad SMARTS) is 1. The summed E-state index contributed by atoms with van der Waals surface area (Å²) in [5.41, 5.74) is 2.35. The highest BCUT2D eigenvalue weighted by Gasteiger charge is 2.24. The van der Waals surface area contributed by atoms with Crippen molar-refractivity contribution in [3.05, 3.63) is 0 Å². The zero-order valence-electron chi connectivity index (χ0n) is 9.93. The fourth-order valence-corrected chi connectivity index (χ4v) is 1.84. The molecule has 0 aromatic carbocycles. The van der Waals surface area contributed by atoms with Crippen molar-refractivity contribution in [3.63, 3.8) is 0 Å². The van der Waals surface area contributed by atoms with E-state index in [9.17, 15) is 14.4 Å². The van der Waals surface area contributed by atoms with Crippen LogP contribution in [0, 0.1) is 0 Å². The van der Waals surface area contributed by atoms with E-state index < -0.39 is 17.9 Å². The Morgan fingerprint density at radius 3 is 2.78 bits per heavy atom. The minimum absolute atomic E-state index is 0.157. The van der Waals surface area contributed by atoms with Gasteiger partial charge < -0.3 is 10.4 Å². The number of nitrogens with zero attached hydrogens (tertiary/aromatic N) is 1. The first-order valence-corrected chi connectivity index (χ1v) is 6.82. The third-order valence-electron chi connectivity index (χ3n) is 2.38. The lowest BCUT2D eigenvalue weighted by Crippen LogP contribution is -2.45. The molecule has 0 bridgehead atoms. The highest BCUT2D eigenvalue weighted by molar-refractivity contribution is 7.98. The number of carboxylic acids is 1. The van der Waals surface area contributed by atoms with E-state index in [1.807, 2.05) is 6.26 Å². The van der Waals surface area contributed by atoms with E-state index in [1.54, 1.807) is 0 Å². The standard InChI is InChI=1S/C10H15N3O4S/c1-18-5-4-7(10(16)17)11-9(15)6-2-3-8(14)13-12-6/h7H,2-5H2,1H3,(H,11,15)(H,13,14)(H,16,17)/t7-/m1/s1. The molecule has 0 aromatic heterocycles. The third-order valence-corrected chi connectivity index (χ3v) is 3.02. The fraction of sp³-hybridized carbons (Fsp3) is 0.600. The molecule has 0 unspecified atom stereocenters. The first-order valence-electron chi connectivity index (χ1n) is 5.42. The molecule has 1 aliphatic rings. The number of carbonyl (C=O) groups is 3. The number of hydrogen-bond donors (Lipinski definition) is 3. The Kier molecular flexibility index (Phi) is 5.63. The Morgan fingerprint density at radius 2 is 2.28 bits per heavy atom. The van der Waals surface area contributed by atoms with Crippen molar-refractivity contribution >= 4 is 35.3 Å². The average Bonchev–Trinajstić information content (AvgIpc) is 2.34. The summed E-state index contributed by atoms with van der Waals surface area (Å²) in [4.78, 5) is 33.5. The van der Waals surface area contributed by atoms with Crippen molar-refractivity contribution in [1.29, 1.82) is 0 Å². The fourth-order valence-electron chi connectivity index (χ4n) is 1.37. The van der Waals surface area contributed by atoms with Gasteiger partial charge in [0.25, 0.3) is 5.91 Å². The molecule has 1 aliphatic heterocycles. The topological polar surface area (TPSA) is 108 Å². The molecule has 100 valence electrons. The third kappa shape index (κ3) is 4.36. The summed E-state index contributed by atoms with van der Waals surface area (Å²) in [7, 11) is 0. The van der Waals surface area contributed by atoms with Gasteiger partial charge in [0.1, 0.15) is 11.8 Å². The molecule has 0 aromatic rings. The van der Waals surface area contributed by atoms with Gasteiger partial charge in [-0.05, 0) is 18.4 Å². The van der Waals surface area contributed by atoms with Gasteiger partial charge in [-0.25, -0.2) is 10.2 Å². The predicted molar refractivity (Wildman–Crippen MR) is 67.4 cm³/mol. The van der Waals surface area contributed by atoms with Crippen molar-refractivity contribution in [3.8, 4) is 0 Å². The van der Waals surface area contributed by atoms with Crippen molar-refractivity contribution in [1.82, 2.24) is 10.7 Å². The Bertz CT molecular complexity index is 383. The summed E-state index contributed by atoms with van der Waals surface area (Å²) in [6.07, 6.45) is 2.63. The van der Waals surface area contributed by atoms with Crippen LogP contribution in [-0.2, 0) is 14.4 Å². The monoisotopic (exact) mass is 273 g/mol. The molecule has 3 N–H and O–H groups in total. The van der Waals surface area contributed by atoms with Crippen LogP contribution in [0.2, 0.25) is 0 Å². The Labute approximate surface area is 108 Å². The Balaban J connectivity index is 2.55. The van der Waals surface area contributed by atoms with Crippen LogP contribution in [-0.4, -0.2) is 46.7 Å². The molecular weight excluding hydrogens is 258 g/mol. The Morgan fingerprint density at radius 1 is 1.56 bits per heavy atom. The summed E-state index contributed by atoms with van der Waals surface area (Å²) >= 11 is 1.51. The number of aliphatic carboxylic acids is 1. The van der Waals surface area contributed by atoms with Crippen molar-refractivity contribution in [2.75, 3.05) is 12.0 Å². The maximum absolute atomic E-state index is 11.7. The number of amides is 2. The highest BCUT2D eigenvalue weighted by atomic mass is 32.2. The van der Waals surface area contributed by atoms with Gasteiger partial charge in [0.2, 0.25) is 5.91 Å². The molecule has 8 heteroatoms. The van der Waals surface area contributed by atoms with Gasteiger partial charge in [0.15, 0.2) is 0 Å². The number of nitrogens with one attached hydrogen (secondary N) is 2. The van der Waals surface area contributed by atoms with Crippen LogP contribution in [0.15, 0.2) is 5.10 Å². The van der Waals surface area contributed by atoms with E-state index in [4.69, 9.17) is 5.11 Å². The summed E-state index contributed by atoms with van der Waals surface area (Å²) in [5, 5.41) is 15.0. The molecule has 0 saturated heterocycles. The second-order valence-corrected chi connectivity index (χ2v) is 4.72. The van der Waals surface area contributed by atoms with Gasteiger partial charge in [-0.3, -0.25) is 9.59 Å². The lowest BCUT2D eigenvalue weighted by Gasteiger charge is -2.16. The van der Waals surface area contributed by atoms with Crippen LogP contribution in [0.4, 0.5) is 0 Å². The summed E-state index contributed by atoms with van der Waals surface area (Å²) in [6, 6.07) is -0.926. The van der Waals surface area contributed by atoms with Gasteiger partial charge >= 0.3 is 5.97 Å². The number of rotatable bonds is 6. The normalized spacial score (nSPS) is 16.5. The Hall–Kier alpha value is -1.57. The molecule has 0 saturated carbocycles. The minimum atomic E-state index is -1.07. The van der Waals surface area contributed by atoms with E-state index in [-0.39, 0.29) is 24.5 Å². The number of hydrogen-bond acceptors (Lipinski definition) is 5. The van der Waals surface area contributed by atoms with Gasteiger partial charge in [-0.15, -0.1) is 0 Å². The molecule has 18 heavy (non-hydrogen) atoms. The first-order chi connectivity index (χ1) is 8.54. The molecule has 7 nitrogen and oxygen atoms in total. The van der Waals surface area contributed by atoms with E-state index in [2.05, 4.69) is 15.8 Å². The highest BCUT2D eigenvalue weighted by Crippen LogP contribution is 2.03. The first kappa shape index (κ1) is 14.5. The summed E-state index contributed by atoms with van der Waals surface area (Å²) in [6.45, 7) is 0. The van der Waals surface area contributed by atoms with Gasteiger partial charge in [-0.1, -0.05) is 0 Å². The lowest BCUT2D eigenvalue weighted by atomic mass is 10.1. The van der Waals surface area contributed by atoms with E-state index in [1.165, 1.54) is 11.8 Å². The minimum Gasteiger partial charge on any atom is -0.480 e. The van der Waals surface area contributed by atoms with Crippen LogP contribution in [0.3, 0.4) is 0 Å². The molecule has 0 spiro atoms. The van der Waals surface area contributed by atoms with Crippen LogP contribution in [0.25, 0.3) is 0 Å². The largest absolute Gasteiger partial charge is 0.480 e. The lowest BCUT2D eigenvalue weighted by molar-refractivity contribution is -0.141. The quantitative estimate of drug-likeness (QED) is 0.609. The van der Waals surface area contributed by atoms with Crippen molar-refractivity contribution < 1.29 is 19.5 Å². The van der Waals surface area contributed by atoms with E-state index in [0.717, 1.165) is 0 Å². The number of thioether (sulfide) groups is 1. The molecule has 0 aliphatic carbocycles. The van der Waals surface area contributed by atoms with Crippen molar-refractivity contribution in [2.24, 2.45) is 5.10 Å². The molecule has 0 fully saturated rings. The molecule has 1 rings (SSSR count). The van der Waals surface area contributed by atoms with Gasteiger partial charge in [-0.2, -0.15) is 16.9 Å². The number of hydrazone groups is 1. The second-order valence-electron chi connectivity index (χ2n) is 3.74.